The number of para-hydroxylation sites is 1. The van der Waals surface area contributed by atoms with Gasteiger partial charge in [0.25, 0.3) is 0 Å². The van der Waals surface area contributed by atoms with Gasteiger partial charge in [-0.2, -0.15) is 0 Å². The molecule has 0 amide bonds. The standard InChI is InChI=1S/C47H38N2/c1-4-5-27-46(38-19-9-6-10-20-38)48(39-22-11-7-12-23-39)41-29-31-43(35(2)33-41)44-32-30-42(34-36(44)3)49(40-24-13-8-14-25-40)47-28-17-21-37-18-15-16-26-45(37)47/h4-11,13-19,21-22,24-34H,1,20H2,2-3H3/b27-5-,46-38+. The van der Waals surface area contributed by atoms with Gasteiger partial charge in [-0.15, -0.1) is 0 Å². The highest BCUT2D eigenvalue weighted by molar-refractivity contribution is 5.99. The number of hydrogen-bond acceptors (Lipinski definition) is 2. The number of fused-ring (bicyclic) bond motifs is 1. The third-order valence-corrected chi connectivity index (χ3v) is 8.97. The van der Waals surface area contributed by atoms with Gasteiger partial charge in [-0.3, -0.25) is 0 Å². The Morgan fingerprint density at radius 2 is 1.45 bits per heavy atom. The van der Waals surface area contributed by atoms with Gasteiger partial charge in [-0.05, 0) is 120 Å². The molecule has 0 spiro atoms. The highest BCUT2D eigenvalue weighted by atomic mass is 15.2. The normalized spacial score (nSPS) is 13.3. The van der Waals surface area contributed by atoms with Crippen LogP contribution in [-0.2, 0) is 0 Å². The molecule has 236 valence electrons. The highest BCUT2D eigenvalue weighted by Gasteiger charge is 2.20. The van der Waals surface area contributed by atoms with Gasteiger partial charge in [-0.25, -0.2) is 0 Å². The quantitative estimate of drug-likeness (QED) is 0.147. The lowest BCUT2D eigenvalue weighted by atomic mass is 9.94. The van der Waals surface area contributed by atoms with Crippen molar-refractivity contribution >= 4 is 39.2 Å². The summed E-state index contributed by atoms with van der Waals surface area (Å²) in [5, 5.41) is 2.44. The molecule has 0 aromatic heterocycles. The molecule has 1 aliphatic rings. The van der Waals surface area contributed by atoms with Crippen molar-refractivity contribution < 1.29 is 0 Å². The van der Waals surface area contributed by atoms with Crippen LogP contribution in [-0.4, -0.2) is 0 Å². The van der Waals surface area contributed by atoms with Crippen molar-refractivity contribution in [1.82, 2.24) is 0 Å². The zero-order valence-electron chi connectivity index (χ0n) is 28.0. The largest absolute Gasteiger partial charge is 0.310 e. The van der Waals surface area contributed by atoms with Crippen LogP contribution in [0.4, 0.5) is 28.4 Å². The van der Waals surface area contributed by atoms with Gasteiger partial charge in [0.05, 0.1) is 17.1 Å². The molecule has 6 aromatic rings. The Labute approximate surface area is 290 Å². The Balaban J connectivity index is 1.30. The first-order valence-corrected chi connectivity index (χ1v) is 16.7. The summed E-state index contributed by atoms with van der Waals surface area (Å²) in [6.07, 6.45) is 15.4. The Morgan fingerprint density at radius 1 is 0.714 bits per heavy atom. The Morgan fingerprint density at radius 3 is 2.16 bits per heavy atom. The van der Waals surface area contributed by atoms with Gasteiger partial charge in [0.1, 0.15) is 0 Å². The molecule has 0 aliphatic heterocycles. The second kappa shape index (κ2) is 14.2. The van der Waals surface area contributed by atoms with E-state index in [4.69, 9.17) is 0 Å². The van der Waals surface area contributed by atoms with Gasteiger partial charge in [0, 0.05) is 22.4 Å². The molecule has 0 N–H and O–H groups in total. The summed E-state index contributed by atoms with van der Waals surface area (Å²) in [5.41, 5.74) is 12.6. The Bertz CT molecular complexity index is 2230. The fraction of sp³-hybridized carbons (Fsp3) is 0.0638. The average Bonchev–Trinajstić information content (AvgIpc) is 3.15. The molecule has 6 aromatic carbocycles. The summed E-state index contributed by atoms with van der Waals surface area (Å²) in [6, 6.07) is 51.8. The van der Waals surface area contributed by atoms with Crippen LogP contribution in [0.2, 0.25) is 0 Å². The summed E-state index contributed by atoms with van der Waals surface area (Å²) < 4.78 is 0. The zero-order valence-corrected chi connectivity index (χ0v) is 28.0. The molecule has 2 heteroatoms. The van der Waals surface area contributed by atoms with E-state index in [-0.39, 0.29) is 0 Å². The van der Waals surface area contributed by atoms with Crippen LogP contribution >= 0.6 is 0 Å². The molecule has 0 unspecified atom stereocenters. The molecule has 0 atom stereocenters. The van der Waals surface area contributed by atoms with Crippen LogP contribution in [0.15, 0.2) is 188 Å². The second-order valence-corrected chi connectivity index (χ2v) is 12.2. The van der Waals surface area contributed by atoms with Crippen LogP contribution in [0, 0.1) is 26.0 Å². The van der Waals surface area contributed by atoms with E-state index in [1.165, 1.54) is 38.6 Å². The predicted octanol–water partition coefficient (Wildman–Crippen LogP) is 12.8. The van der Waals surface area contributed by atoms with Gasteiger partial charge in [0.15, 0.2) is 0 Å². The van der Waals surface area contributed by atoms with Crippen molar-refractivity contribution in [3.8, 4) is 11.1 Å². The number of benzene rings is 5. The van der Waals surface area contributed by atoms with E-state index in [0.29, 0.717) is 0 Å². The van der Waals surface area contributed by atoms with E-state index in [0.717, 1.165) is 40.6 Å². The van der Waals surface area contributed by atoms with Crippen LogP contribution in [0.3, 0.4) is 0 Å². The van der Waals surface area contributed by atoms with Crippen LogP contribution in [0.25, 0.3) is 21.9 Å². The first-order chi connectivity index (χ1) is 24.1. The van der Waals surface area contributed by atoms with E-state index in [2.05, 4.69) is 188 Å². The molecule has 7 rings (SSSR count). The molecule has 0 saturated carbocycles. The van der Waals surface area contributed by atoms with Gasteiger partial charge >= 0.3 is 0 Å². The van der Waals surface area contributed by atoms with Crippen molar-refractivity contribution in [2.45, 2.75) is 20.3 Å². The fourth-order valence-corrected chi connectivity index (χ4v) is 6.66. The molecular formula is C47H38N2. The highest BCUT2D eigenvalue weighted by Crippen LogP contribution is 2.41. The van der Waals surface area contributed by atoms with E-state index in [1.807, 2.05) is 24.3 Å². The number of aryl methyl sites for hydroxylation is 2. The minimum Gasteiger partial charge on any atom is -0.310 e. The number of allylic oxidation sites excluding steroid dienone is 8. The number of hydrogen-bond donors (Lipinski definition) is 0. The predicted molar refractivity (Wildman–Crippen MR) is 209 cm³/mol. The van der Waals surface area contributed by atoms with Crippen LogP contribution < -0.4 is 9.80 Å². The maximum Gasteiger partial charge on any atom is 0.0973 e. The molecule has 1 aliphatic carbocycles. The van der Waals surface area contributed by atoms with Gasteiger partial charge in [0.2, 0.25) is 0 Å². The zero-order chi connectivity index (χ0) is 33.6. The molecule has 49 heavy (non-hydrogen) atoms. The molecule has 0 saturated heterocycles. The minimum atomic E-state index is 0.849. The topological polar surface area (TPSA) is 6.48 Å². The van der Waals surface area contributed by atoms with Crippen molar-refractivity contribution in [3.63, 3.8) is 0 Å². The van der Waals surface area contributed by atoms with Crippen molar-refractivity contribution in [2.24, 2.45) is 0 Å². The fourth-order valence-electron chi connectivity index (χ4n) is 6.66. The summed E-state index contributed by atoms with van der Waals surface area (Å²) in [5.74, 6) is 0. The lowest BCUT2D eigenvalue weighted by Gasteiger charge is -2.28. The number of rotatable bonds is 9. The van der Waals surface area contributed by atoms with E-state index >= 15 is 0 Å². The lowest BCUT2D eigenvalue weighted by Crippen LogP contribution is -2.17. The summed E-state index contributed by atoms with van der Waals surface area (Å²) in [6.45, 7) is 8.35. The van der Waals surface area contributed by atoms with Gasteiger partial charge in [-0.1, -0.05) is 122 Å². The molecule has 0 bridgehead atoms. The molecule has 0 heterocycles. The second-order valence-electron chi connectivity index (χ2n) is 12.2. The van der Waals surface area contributed by atoms with Crippen LogP contribution in [0.1, 0.15) is 17.5 Å². The summed E-state index contributed by atoms with van der Waals surface area (Å²) in [4.78, 5) is 4.63. The molecule has 0 fully saturated rings. The number of anilines is 5. The molecular weight excluding hydrogens is 593 g/mol. The van der Waals surface area contributed by atoms with Crippen molar-refractivity contribution in [3.05, 3.63) is 211 Å². The van der Waals surface area contributed by atoms with Gasteiger partial charge < -0.3 is 9.80 Å². The van der Waals surface area contributed by atoms with E-state index in [9.17, 15) is 0 Å². The molecule has 0 radical (unpaired) electrons. The maximum atomic E-state index is 3.94. The monoisotopic (exact) mass is 630 g/mol. The van der Waals surface area contributed by atoms with Crippen molar-refractivity contribution in [1.29, 1.82) is 0 Å². The SMILES string of the molecule is C=C/C=C\C(=C1\C=CC=CC1)N(c1c#cccc1)c1ccc(-c2ccc(N(c3ccccc3)c3cccc4ccccc34)cc2C)c(C)c1. The Kier molecular flexibility index (Phi) is 9.08. The van der Waals surface area contributed by atoms with Crippen molar-refractivity contribution in [2.75, 3.05) is 9.80 Å². The summed E-state index contributed by atoms with van der Waals surface area (Å²) >= 11 is 0. The number of nitrogens with zero attached hydrogens (tertiary/aromatic N) is 2. The first-order valence-electron chi connectivity index (χ1n) is 16.7. The smallest absolute Gasteiger partial charge is 0.0973 e. The Hall–Kier alpha value is -6.30. The minimum absolute atomic E-state index is 0.849. The average molecular weight is 631 g/mol. The van der Waals surface area contributed by atoms with E-state index in [1.54, 1.807) is 0 Å². The maximum absolute atomic E-state index is 3.94. The summed E-state index contributed by atoms with van der Waals surface area (Å²) in [7, 11) is 0. The lowest BCUT2D eigenvalue weighted by molar-refractivity contribution is 1.12. The third kappa shape index (κ3) is 6.48. The third-order valence-electron chi connectivity index (χ3n) is 8.97. The first kappa shape index (κ1) is 31.3. The van der Waals surface area contributed by atoms with E-state index < -0.39 is 0 Å². The van der Waals surface area contributed by atoms with Crippen LogP contribution in [0.5, 0.6) is 0 Å². The molecule has 2 nitrogen and oxygen atoms in total.